The van der Waals surface area contributed by atoms with Crippen molar-refractivity contribution < 1.29 is 17.9 Å². The van der Waals surface area contributed by atoms with Crippen LogP contribution in [0.15, 0.2) is 35.5 Å². The van der Waals surface area contributed by atoms with Crippen LogP contribution in [0.2, 0.25) is 0 Å². The molecule has 0 unspecified atom stereocenters. The predicted molar refractivity (Wildman–Crippen MR) is 91.4 cm³/mol. The Morgan fingerprint density at radius 3 is 2.80 bits per heavy atom. The lowest BCUT2D eigenvalue weighted by molar-refractivity contribution is 0.297. The first-order valence-corrected chi connectivity index (χ1v) is 10.0. The van der Waals surface area contributed by atoms with Gasteiger partial charge in [0.15, 0.2) is 11.5 Å². The molecule has 0 amide bonds. The Bertz CT molecular complexity index is 859. The van der Waals surface area contributed by atoms with Gasteiger partial charge in [-0.2, -0.15) is 0 Å². The Morgan fingerprint density at radius 2 is 2.00 bits per heavy atom. The van der Waals surface area contributed by atoms with Crippen LogP contribution in [0, 0.1) is 0 Å². The summed E-state index contributed by atoms with van der Waals surface area (Å²) in [5.74, 6) is 2.65. The Balaban J connectivity index is 1.43. The topological polar surface area (TPSA) is 82.5 Å². The normalized spacial score (nSPS) is 17.3. The average Bonchev–Trinajstić information content (AvgIpc) is 3.38. The second kappa shape index (κ2) is 6.68. The van der Waals surface area contributed by atoms with E-state index in [1.807, 2.05) is 10.8 Å². The van der Waals surface area contributed by atoms with Gasteiger partial charge in [-0.3, -0.25) is 0 Å². The number of nitrogens with zero attached hydrogens (tertiary/aromatic N) is 2. The van der Waals surface area contributed by atoms with Crippen LogP contribution >= 0.6 is 0 Å². The number of nitrogens with one attached hydrogen (secondary N) is 1. The molecule has 4 rings (SSSR count). The van der Waals surface area contributed by atoms with Gasteiger partial charge in [0.2, 0.25) is 10.0 Å². The van der Waals surface area contributed by atoms with Crippen molar-refractivity contribution in [2.45, 2.75) is 36.6 Å². The summed E-state index contributed by atoms with van der Waals surface area (Å²) >= 11 is 0. The summed E-state index contributed by atoms with van der Waals surface area (Å²) in [5, 5.41) is 0. The molecule has 1 aliphatic heterocycles. The standard InChI is InChI=1S/C17H21N3O4S/c21-25(22,14-4-5-15-16(12-14)24-11-1-10-23-15)19-7-9-20-8-6-18-17(20)13-2-3-13/h4-6,8,12-13,19H,1-3,7,9-11H2. The van der Waals surface area contributed by atoms with E-state index >= 15 is 0 Å². The molecule has 8 heteroatoms. The number of benzene rings is 1. The van der Waals surface area contributed by atoms with Crippen LogP contribution in [0.5, 0.6) is 11.5 Å². The summed E-state index contributed by atoms with van der Waals surface area (Å²) in [7, 11) is -3.60. The van der Waals surface area contributed by atoms with E-state index in [-0.39, 0.29) is 4.90 Å². The highest BCUT2D eigenvalue weighted by Gasteiger charge is 2.27. The summed E-state index contributed by atoms with van der Waals surface area (Å²) in [6.45, 7) is 1.97. The number of aromatic nitrogens is 2. The lowest BCUT2D eigenvalue weighted by Gasteiger charge is -2.12. The van der Waals surface area contributed by atoms with E-state index in [1.165, 1.54) is 18.9 Å². The van der Waals surface area contributed by atoms with E-state index < -0.39 is 10.0 Å². The van der Waals surface area contributed by atoms with E-state index in [0.29, 0.717) is 43.7 Å². The Morgan fingerprint density at radius 1 is 1.20 bits per heavy atom. The van der Waals surface area contributed by atoms with Crippen molar-refractivity contribution in [3.63, 3.8) is 0 Å². The van der Waals surface area contributed by atoms with Crippen molar-refractivity contribution in [1.82, 2.24) is 14.3 Å². The lowest BCUT2D eigenvalue weighted by atomic mass is 10.3. The SMILES string of the molecule is O=S(=O)(NCCn1ccnc1C1CC1)c1ccc2c(c1)OCCCO2. The largest absolute Gasteiger partial charge is 0.490 e. The van der Waals surface area contributed by atoms with Gasteiger partial charge in [0, 0.05) is 43.9 Å². The fourth-order valence-corrected chi connectivity index (χ4v) is 3.94. The number of hydrogen-bond acceptors (Lipinski definition) is 5. The molecule has 1 fully saturated rings. The van der Waals surface area contributed by atoms with Crippen LogP contribution in [-0.4, -0.2) is 37.7 Å². The van der Waals surface area contributed by atoms with Crippen LogP contribution in [0.3, 0.4) is 0 Å². The van der Waals surface area contributed by atoms with Crippen molar-refractivity contribution in [3.05, 3.63) is 36.4 Å². The van der Waals surface area contributed by atoms with Gasteiger partial charge in [-0.05, 0) is 25.0 Å². The quantitative estimate of drug-likeness (QED) is 0.848. The summed E-state index contributed by atoms with van der Waals surface area (Å²) in [4.78, 5) is 4.55. The fourth-order valence-electron chi connectivity index (χ4n) is 2.91. The molecule has 0 spiro atoms. The third-order valence-electron chi connectivity index (χ3n) is 4.36. The van der Waals surface area contributed by atoms with Crippen LogP contribution in [-0.2, 0) is 16.6 Å². The zero-order chi connectivity index (χ0) is 17.3. The first-order valence-electron chi connectivity index (χ1n) is 8.54. The Hall–Kier alpha value is -2.06. The highest BCUT2D eigenvalue weighted by molar-refractivity contribution is 7.89. The highest BCUT2D eigenvalue weighted by atomic mass is 32.2. The van der Waals surface area contributed by atoms with Gasteiger partial charge in [0.05, 0.1) is 18.1 Å². The number of sulfonamides is 1. The molecule has 2 heterocycles. The molecule has 0 saturated heterocycles. The molecular weight excluding hydrogens is 342 g/mol. The summed E-state index contributed by atoms with van der Waals surface area (Å²) in [5.41, 5.74) is 0. The van der Waals surface area contributed by atoms with E-state index in [2.05, 4.69) is 9.71 Å². The maximum absolute atomic E-state index is 12.5. The van der Waals surface area contributed by atoms with Crippen molar-refractivity contribution in [1.29, 1.82) is 0 Å². The predicted octanol–water partition coefficient (Wildman–Crippen LogP) is 1.90. The zero-order valence-electron chi connectivity index (χ0n) is 13.8. The van der Waals surface area contributed by atoms with Gasteiger partial charge < -0.3 is 14.0 Å². The van der Waals surface area contributed by atoms with Crippen molar-refractivity contribution in [3.8, 4) is 11.5 Å². The van der Waals surface area contributed by atoms with Gasteiger partial charge in [0.1, 0.15) is 5.82 Å². The Kier molecular flexibility index (Phi) is 4.39. The second-order valence-corrected chi connectivity index (χ2v) is 8.08. The molecule has 2 aliphatic rings. The van der Waals surface area contributed by atoms with Crippen LogP contribution in [0.25, 0.3) is 0 Å². The van der Waals surface area contributed by atoms with Crippen molar-refractivity contribution >= 4 is 10.0 Å². The maximum atomic E-state index is 12.5. The summed E-state index contributed by atoms with van der Waals surface area (Å²) < 4.78 is 40.8. The van der Waals surface area contributed by atoms with E-state index in [9.17, 15) is 8.42 Å². The number of hydrogen-bond donors (Lipinski definition) is 1. The molecule has 25 heavy (non-hydrogen) atoms. The van der Waals surface area contributed by atoms with E-state index in [1.54, 1.807) is 18.3 Å². The van der Waals surface area contributed by atoms with Gasteiger partial charge >= 0.3 is 0 Å². The first kappa shape index (κ1) is 16.4. The van der Waals surface area contributed by atoms with E-state index in [4.69, 9.17) is 9.47 Å². The first-order chi connectivity index (χ1) is 12.1. The summed E-state index contributed by atoms with van der Waals surface area (Å²) in [6, 6.07) is 4.72. The summed E-state index contributed by atoms with van der Waals surface area (Å²) in [6.07, 6.45) is 6.78. The molecule has 134 valence electrons. The van der Waals surface area contributed by atoms with Crippen molar-refractivity contribution in [2.24, 2.45) is 0 Å². The van der Waals surface area contributed by atoms with Crippen LogP contribution < -0.4 is 14.2 Å². The molecule has 1 saturated carbocycles. The number of rotatable bonds is 6. The smallest absolute Gasteiger partial charge is 0.240 e. The third kappa shape index (κ3) is 3.64. The van der Waals surface area contributed by atoms with E-state index in [0.717, 1.165) is 12.2 Å². The molecular formula is C17H21N3O4S. The molecule has 7 nitrogen and oxygen atoms in total. The minimum absolute atomic E-state index is 0.185. The minimum atomic E-state index is -3.60. The minimum Gasteiger partial charge on any atom is -0.490 e. The van der Waals surface area contributed by atoms with Gasteiger partial charge in [-0.15, -0.1) is 0 Å². The molecule has 1 aliphatic carbocycles. The average molecular weight is 363 g/mol. The number of imidazole rings is 1. The zero-order valence-corrected chi connectivity index (χ0v) is 14.7. The van der Waals surface area contributed by atoms with Gasteiger partial charge in [-0.1, -0.05) is 0 Å². The molecule has 1 aromatic heterocycles. The molecule has 0 bridgehead atoms. The van der Waals surface area contributed by atoms with Crippen LogP contribution in [0.1, 0.15) is 31.0 Å². The molecule has 0 atom stereocenters. The number of ether oxygens (including phenoxy) is 2. The third-order valence-corrected chi connectivity index (χ3v) is 5.82. The van der Waals surface area contributed by atoms with Gasteiger partial charge in [0.25, 0.3) is 0 Å². The number of fused-ring (bicyclic) bond motifs is 1. The Labute approximate surface area is 147 Å². The molecule has 1 N–H and O–H groups in total. The highest BCUT2D eigenvalue weighted by Crippen LogP contribution is 2.38. The molecule has 2 aromatic rings. The monoisotopic (exact) mass is 363 g/mol. The fraction of sp³-hybridized carbons (Fsp3) is 0.471. The molecule has 0 radical (unpaired) electrons. The van der Waals surface area contributed by atoms with Gasteiger partial charge in [-0.25, -0.2) is 18.1 Å². The van der Waals surface area contributed by atoms with Crippen LogP contribution in [0.4, 0.5) is 0 Å². The van der Waals surface area contributed by atoms with Crippen molar-refractivity contribution in [2.75, 3.05) is 19.8 Å². The lowest BCUT2D eigenvalue weighted by Crippen LogP contribution is -2.27. The molecule has 1 aromatic carbocycles. The second-order valence-electron chi connectivity index (χ2n) is 6.31. The maximum Gasteiger partial charge on any atom is 0.240 e.